The van der Waals surface area contributed by atoms with E-state index >= 15 is 0 Å². The zero-order chi connectivity index (χ0) is 34.2. The fourth-order valence-electron chi connectivity index (χ4n) is 4.48. The second-order valence-electron chi connectivity index (χ2n) is 12.2. The molecule has 2 rings (SSSR count). The summed E-state index contributed by atoms with van der Waals surface area (Å²) in [5.74, 6) is 1.68. The summed E-state index contributed by atoms with van der Waals surface area (Å²) in [4.78, 5) is 47.3. The zero-order valence-electron chi connectivity index (χ0n) is 29.8. The highest BCUT2D eigenvalue weighted by Gasteiger charge is 2.14. The number of Topliss-reactive ketones (excluding diaryl/α,β-unsaturated/α-hetero) is 2. The molecule has 0 spiro atoms. The van der Waals surface area contributed by atoms with Crippen LogP contribution < -0.4 is 10.6 Å². The minimum Gasteiger partial charge on any atom is -0.326 e. The number of amides is 2. The van der Waals surface area contributed by atoms with Crippen molar-refractivity contribution in [3.05, 3.63) is 59.7 Å². The van der Waals surface area contributed by atoms with Gasteiger partial charge in [-0.05, 0) is 62.3 Å². The number of anilines is 2. The van der Waals surface area contributed by atoms with Crippen LogP contribution in [0.2, 0.25) is 0 Å². The Morgan fingerprint density at radius 1 is 0.667 bits per heavy atom. The molecule has 2 unspecified atom stereocenters. The number of ketones is 2. The molecular weight excluding hydrogens is 560 g/mol. The van der Waals surface area contributed by atoms with E-state index in [1.807, 2.05) is 45.9 Å². The Kier molecular flexibility index (Phi) is 23.2. The van der Waals surface area contributed by atoms with Gasteiger partial charge in [-0.1, -0.05) is 118 Å². The molecule has 0 bridgehead atoms. The molecule has 2 N–H and O–H groups in total. The van der Waals surface area contributed by atoms with Gasteiger partial charge < -0.3 is 10.6 Å². The third-order valence-corrected chi connectivity index (χ3v) is 7.78. The summed E-state index contributed by atoms with van der Waals surface area (Å²) in [6.07, 6.45) is 10.8. The highest BCUT2D eigenvalue weighted by atomic mass is 16.2. The minimum atomic E-state index is 0. The van der Waals surface area contributed by atoms with Crippen LogP contribution in [-0.4, -0.2) is 23.4 Å². The van der Waals surface area contributed by atoms with Crippen molar-refractivity contribution < 1.29 is 22.0 Å². The number of unbranched alkanes of at least 4 members (excludes halogenated alkanes) is 3. The van der Waals surface area contributed by atoms with Gasteiger partial charge in [-0.3, -0.25) is 19.2 Å². The number of carbonyl (C=O) groups is 4. The standard InChI is InChI=1S/C21H33NO2.C16H23NO2.C2H6.2H2/c1-5-16(3)11-8-7-9-14-20(23)22-19-13-10-12-18(15-19)21(24)17(4)6-2;1-12(2)7-4-5-10-16(19)17-15-9-6-8-14(11-15)13(3)18;1-2;;/h10,12-13,15-17H,5-9,11,14H2,1-4H3,(H,22,23);6,8-9,11-12H,4-5,7,10H2,1-3H3,(H,17,19);1-2H3;2*1H. The molecule has 0 radical (unpaired) electrons. The van der Waals surface area contributed by atoms with Crippen molar-refractivity contribution in [3.63, 3.8) is 0 Å². The van der Waals surface area contributed by atoms with Crippen molar-refractivity contribution in [2.75, 3.05) is 10.6 Å². The molecule has 256 valence electrons. The number of rotatable bonds is 18. The lowest BCUT2D eigenvalue weighted by molar-refractivity contribution is -0.117. The van der Waals surface area contributed by atoms with E-state index in [2.05, 4.69) is 38.3 Å². The van der Waals surface area contributed by atoms with Crippen molar-refractivity contribution in [2.24, 2.45) is 17.8 Å². The molecule has 6 heteroatoms. The average Bonchev–Trinajstić information content (AvgIpc) is 3.03. The second kappa shape index (κ2) is 25.0. The highest BCUT2D eigenvalue weighted by Crippen LogP contribution is 2.18. The van der Waals surface area contributed by atoms with Gasteiger partial charge in [0.15, 0.2) is 11.6 Å². The zero-order valence-corrected chi connectivity index (χ0v) is 29.8. The number of nitrogens with one attached hydrogen (secondary N) is 2. The molecule has 0 saturated heterocycles. The number of benzene rings is 2. The Morgan fingerprint density at radius 2 is 1.16 bits per heavy atom. The van der Waals surface area contributed by atoms with E-state index in [9.17, 15) is 19.2 Å². The summed E-state index contributed by atoms with van der Waals surface area (Å²) in [5, 5.41) is 5.75. The maximum absolute atomic E-state index is 12.2. The van der Waals surface area contributed by atoms with Gasteiger partial charge in [-0.25, -0.2) is 0 Å². The van der Waals surface area contributed by atoms with Crippen LogP contribution >= 0.6 is 0 Å². The topological polar surface area (TPSA) is 92.3 Å². The summed E-state index contributed by atoms with van der Waals surface area (Å²) in [6.45, 7) is 18.3. The molecule has 0 saturated carbocycles. The smallest absolute Gasteiger partial charge is 0.224 e. The van der Waals surface area contributed by atoms with Crippen molar-refractivity contribution in [3.8, 4) is 0 Å². The lowest BCUT2D eigenvalue weighted by Gasteiger charge is -2.10. The molecule has 0 aliphatic heterocycles. The summed E-state index contributed by atoms with van der Waals surface area (Å²) >= 11 is 0. The first-order valence-electron chi connectivity index (χ1n) is 17.3. The first-order valence-corrected chi connectivity index (χ1v) is 17.3. The van der Waals surface area contributed by atoms with Crippen LogP contribution in [0, 0.1) is 17.8 Å². The first kappa shape index (κ1) is 41.7. The molecular formula is C39H66N2O4. The van der Waals surface area contributed by atoms with E-state index in [-0.39, 0.29) is 32.2 Å². The number of hydrogen-bond donors (Lipinski definition) is 2. The number of hydrogen-bond acceptors (Lipinski definition) is 4. The Hall–Kier alpha value is -3.28. The predicted octanol–water partition coefficient (Wildman–Crippen LogP) is 11.4. The molecule has 45 heavy (non-hydrogen) atoms. The van der Waals surface area contributed by atoms with E-state index in [1.54, 1.807) is 30.3 Å². The highest BCUT2D eigenvalue weighted by molar-refractivity contribution is 5.99. The van der Waals surface area contributed by atoms with Crippen molar-refractivity contribution in [2.45, 2.75) is 133 Å². The minimum absolute atomic E-state index is 0. The van der Waals surface area contributed by atoms with E-state index in [1.165, 1.54) is 26.2 Å². The van der Waals surface area contributed by atoms with E-state index in [4.69, 9.17) is 0 Å². The summed E-state index contributed by atoms with van der Waals surface area (Å²) in [6, 6.07) is 14.3. The van der Waals surface area contributed by atoms with Crippen molar-refractivity contribution in [1.82, 2.24) is 0 Å². The first-order chi connectivity index (χ1) is 21.5. The normalized spacial score (nSPS) is 11.7. The van der Waals surface area contributed by atoms with Crippen molar-refractivity contribution >= 4 is 34.8 Å². The van der Waals surface area contributed by atoms with Gasteiger partial charge in [0.25, 0.3) is 0 Å². The molecule has 0 fully saturated rings. The monoisotopic (exact) mass is 627 g/mol. The number of carbonyl (C=O) groups excluding carboxylic acids is 4. The van der Waals surface area contributed by atoms with E-state index < -0.39 is 0 Å². The van der Waals surface area contributed by atoms with Crippen molar-refractivity contribution in [1.29, 1.82) is 0 Å². The molecule has 0 aliphatic carbocycles. The fourth-order valence-corrected chi connectivity index (χ4v) is 4.48. The molecule has 0 aliphatic rings. The molecule has 0 aromatic heterocycles. The molecule has 6 nitrogen and oxygen atoms in total. The maximum atomic E-state index is 12.2. The summed E-state index contributed by atoms with van der Waals surface area (Å²) in [5.41, 5.74) is 2.71. The molecule has 2 aromatic rings. The van der Waals surface area contributed by atoms with Gasteiger partial charge in [0.1, 0.15) is 0 Å². The van der Waals surface area contributed by atoms with Crippen LogP contribution in [0.3, 0.4) is 0 Å². The molecule has 0 heterocycles. The molecule has 2 aromatic carbocycles. The predicted molar refractivity (Wildman–Crippen MR) is 195 cm³/mol. The lowest BCUT2D eigenvalue weighted by atomic mass is 9.97. The lowest BCUT2D eigenvalue weighted by Crippen LogP contribution is -2.13. The van der Waals surface area contributed by atoms with Gasteiger partial charge in [0, 0.05) is 44.1 Å². The molecule has 2 amide bonds. The summed E-state index contributed by atoms with van der Waals surface area (Å²) in [7, 11) is 0. The van der Waals surface area contributed by atoms with Crippen LogP contribution in [-0.2, 0) is 9.59 Å². The maximum Gasteiger partial charge on any atom is 0.224 e. The third-order valence-electron chi connectivity index (χ3n) is 7.78. The van der Waals surface area contributed by atoms with Gasteiger partial charge in [0.2, 0.25) is 11.8 Å². The Bertz CT molecular complexity index is 1150. The van der Waals surface area contributed by atoms with Crippen LogP contribution in [0.1, 0.15) is 157 Å². The van der Waals surface area contributed by atoms with Gasteiger partial charge in [0.05, 0.1) is 0 Å². The van der Waals surface area contributed by atoms with Gasteiger partial charge >= 0.3 is 0 Å². The van der Waals surface area contributed by atoms with Crippen LogP contribution in [0.5, 0.6) is 0 Å². The second-order valence-corrected chi connectivity index (χ2v) is 12.2. The van der Waals surface area contributed by atoms with Gasteiger partial charge in [-0.15, -0.1) is 0 Å². The van der Waals surface area contributed by atoms with Crippen LogP contribution in [0.4, 0.5) is 11.4 Å². The van der Waals surface area contributed by atoms with Crippen LogP contribution in [0.15, 0.2) is 48.5 Å². The summed E-state index contributed by atoms with van der Waals surface area (Å²) < 4.78 is 0. The van der Waals surface area contributed by atoms with E-state index in [0.717, 1.165) is 44.4 Å². The van der Waals surface area contributed by atoms with Gasteiger partial charge in [-0.2, -0.15) is 0 Å². The largest absolute Gasteiger partial charge is 0.326 e. The Morgan fingerprint density at radius 3 is 1.64 bits per heavy atom. The van der Waals surface area contributed by atoms with Crippen LogP contribution in [0.25, 0.3) is 0 Å². The third kappa shape index (κ3) is 19.7. The Labute approximate surface area is 277 Å². The molecule has 2 atom stereocenters. The fraction of sp³-hybridized carbons (Fsp3) is 0.590. The SMILES string of the molecule is CC.CC(=O)c1cccc(NC(=O)CCCCC(C)C)c1.CCC(C)CCCCCC(=O)Nc1cccc(C(=O)C(C)CC)c1.[HH].[HH]. The Balaban J connectivity index is -0.000000767. The van der Waals surface area contributed by atoms with E-state index in [0.29, 0.717) is 41.3 Å². The quantitative estimate of drug-likeness (QED) is 0.127. The average molecular weight is 627 g/mol.